The van der Waals surface area contributed by atoms with Gasteiger partial charge in [0.05, 0.1) is 0 Å². The van der Waals surface area contributed by atoms with Crippen LogP contribution in [0.3, 0.4) is 0 Å². The molecule has 1 rings (SSSR count). The molecule has 1 aromatic carbocycles. The number of unbranched alkanes of at least 4 members (excludes halogenated alkanes) is 1. The average Bonchev–Trinajstić information content (AvgIpc) is 2.12. The number of hydrogen-bond acceptors (Lipinski definition) is 1. The molecule has 0 aromatic heterocycles. The van der Waals surface area contributed by atoms with E-state index in [2.05, 4.69) is 44.7 Å². The van der Waals surface area contributed by atoms with Crippen molar-refractivity contribution in [3.63, 3.8) is 0 Å². The van der Waals surface area contributed by atoms with Crippen molar-refractivity contribution in [1.29, 1.82) is 0 Å². The zero-order valence-electron chi connectivity index (χ0n) is 8.51. The van der Waals surface area contributed by atoms with E-state index in [0.29, 0.717) is 0 Å². The second-order valence-electron chi connectivity index (χ2n) is 3.60. The van der Waals surface area contributed by atoms with E-state index in [0.717, 1.165) is 5.75 Å². The zero-order valence-corrected chi connectivity index (χ0v) is 9.40. The van der Waals surface area contributed by atoms with Crippen molar-refractivity contribution in [2.45, 2.75) is 33.1 Å². The van der Waals surface area contributed by atoms with Gasteiger partial charge in [-0.05, 0) is 55.6 Å². The van der Waals surface area contributed by atoms with Gasteiger partial charge in [-0.2, -0.15) is 12.6 Å². The largest absolute Gasteiger partial charge is 0.179 e. The van der Waals surface area contributed by atoms with E-state index in [1.807, 2.05) is 0 Å². The molecular weight excluding hydrogens is 176 g/mol. The minimum Gasteiger partial charge on any atom is -0.179 e. The molecule has 13 heavy (non-hydrogen) atoms. The van der Waals surface area contributed by atoms with Crippen molar-refractivity contribution in [2.75, 3.05) is 5.75 Å². The quantitative estimate of drug-likeness (QED) is 0.550. The van der Waals surface area contributed by atoms with Gasteiger partial charge in [-0.3, -0.25) is 0 Å². The lowest BCUT2D eigenvalue weighted by atomic mass is 10.0. The Morgan fingerprint density at radius 1 is 1.08 bits per heavy atom. The summed E-state index contributed by atoms with van der Waals surface area (Å²) in [4.78, 5) is 0. The number of hydrogen-bond donors (Lipinski definition) is 1. The van der Waals surface area contributed by atoms with Crippen LogP contribution in [0.25, 0.3) is 0 Å². The summed E-state index contributed by atoms with van der Waals surface area (Å²) >= 11 is 4.20. The van der Waals surface area contributed by atoms with E-state index in [1.165, 1.54) is 36.0 Å². The minimum atomic E-state index is 1.00. The molecule has 1 aromatic rings. The van der Waals surface area contributed by atoms with Gasteiger partial charge in [-0.15, -0.1) is 0 Å². The second-order valence-corrected chi connectivity index (χ2v) is 4.05. The summed E-state index contributed by atoms with van der Waals surface area (Å²) in [5.74, 6) is 1.00. The fourth-order valence-electron chi connectivity index (χ4n) is 1.40. The van der Waals surface area contributed by atoms with Crippen LogP contribution in [0.5, 0.6) is 0 Å². The van der Waals surface area contributed by atoms with Crippen LogP contribution in [0.4, 0.5) is 0 Å². The van der Waals surface area contributed by atoms with Gasteiger partial charge in [-0.25, -0.2) is 0 Å². The first-order valence-electron chi connectivity index (χ1n) is 4.91. The average molecular weight is 194 g/mol. The number of aryl methyl sites for hydroxylation is 3. The summed E-state index contributed by atoms with van der Waals surface area (Å²) in [5.41, 5.74) is 4.26. The molecule has 0 aliphatic carbocycles. The molecule has 0 atom stereocenters. The van der Waals surface area contributed by atoms with E-state index in [1.54, 1.807) is 0 Å². The number of thiol groups is 1. The Morgan fingerprint density at radius 3 is 2.46 bits per heavy atom. The molecule has 0 heterocycles. The van der Waals surface area contributed by atoms with E-state index in [4.69, 9.17) is 0 Å². The third-order valence-electron chi connectivity index (χ3n) is 2.44. The van der Waals surface area contributed by atoms with Gasteiger partial charge in [0.25, 0.3) is 0 Å². The molecule has 0 saturated heterocycles. The van der Waals surface area contributed by atoms with Crippen LogP contribution >= 0.6 is 12.6 Å². The topological polar surface area (TPSA) is 0 Å². The molecule has 72 valence electrons. The van der Waals surface area contributed by atoms with E-state index in [-0.39, 0.29) is 0 Å². The first kappa shape index (κ1) is 10.6. The molecule has 0 spiro atoms. The van der Waals surface area contributed by atoms with Crippen molar-refractivity contribution in [3.05, 3.63) is 34.9 Å². The summed E-state index contributed by atoms with van der Waals surface area (Å²) in [6.07, 6.45) is 3.67. The summed E-state index contributed by atoms with van der Waals surface area (Å²) < 4.78 is 0. The second kappa shape index (κ2) is 5.33. The van der Waals surface area contributed by atoms with Crippen LogP contribution in [0.15, 0.2) is 18.2 Å². The molecule has 0 aliphatic heterocycles. The standard InChI is InChI=1S/C12H18S/c1-10-6-7-12(9-11(10)2)5-3-4-8-13/h6-7,9,13H,3-5,8H2,1-2H3. The Morgan fingerprint density at radius 2 is 1.85 bits per heavy atom. The van der Waals surface area contributed by atoms with Crippen molar-refractivity contribution < 1.29 is 0 Å². The van der Waals surface area contributed by atoms with Crippen molar-refractivity contribution in [2.24, 2.45) is 0 Å². The number of rotatable bonds is 4. The summed E-state index contributed by atoms with van der Waals surface area (Å²) in [6.45, 7) is 4.34. The Balaban J connectivity index is 2.53. The van der Waals surface area contributed by atoms with E-state index in [9.17, 15) is 0 Å². The highest BCUT2D eigenvalue weighted by Gasteiger charge is 1.95. The molecule has 0 fully saturated rings. The van der Waals surface area contributed by atoms with Gasteiger partial charge in [0.2, 0.25) is 0 Å². The van der Waals surface area contributed by atoms with Gasteiger partial charge < -0.3 is 0 Å². The van der Waals surface area contributed by atoms with Crippen molar-refractivity contribution in [3.8, 4) is 0 Å². The molecule has 0 bridgehead atoms. The van der Waals surface area contributed by atoms with Crippen LogP contribution in [-0.4, -0.2) is 5.75 Å². The molecular formula is C12H18S. The van der Waals surface area contributed by atoms with Gasteiger partial charge in [0.1, 0.15) is 0 Å². The summed E-state index contributed by atoms with van der Waals surface area (Å²) in [5, 5.41) is 0. The predicted octanol–water partition coefficient (Wildman–Crippen LogP) is 3.56. The highest BCUT2D eigenvalue weighted by molar-refractivity contribution is 7.80. The molecule has 0 unspecified atom stereocenters. The van der Waals surface area contributed by atoms with Crippen LogP contribution < -0.4 is 0 Å². The van der Waals surface area contributed by atoms with Crippen LogP contribution in [-0.2, 0) is 6.42 Å². The summed E-state index contributed by atoms with van der Waals surface area (Å²) in [6, 6.07) is 6.75. The molecule has 0 N–H and O–H groups in total. The Labute approximate surface area is 86.8 Å². The highest BCUT2D eigenvalue weighted by atomic mass is 32.1. The lowest BCUT2D eigenvalue weighted by Gasteiger charge is -2.04. The maximum atomic E-state index is 4.20. The van der Waals surface area contributed by atoms with Crippen molar-refractivity contribution >= 4 is 12.6 Å². The smallest absolute Gasteiger partial charge is 0.00978 e. The molecule has 0 nitrogen and oxygen atoms in total. The van der Waals surface area contributed by atoms with Gasteiger partial charge >= 0.3 is 0 Å². The Kier molecular flexibility index (Phi) is 4.37. The zero-order chi connectivity index (χ0) is 9.68. The normalized spacial score (nSPS) is 10.4. The van der Waals surface area contributed by atoms with Crippen LogP contribution in [0, 0.1) is 13.8 Å². The monoisotopic (exact) mass is 194 g/mol. The van der Waals surface area contributed by atoms with Gasteiger partial charge in [0, 0.05) is 0 Å². The Bertz CT molecular complexity index is 266. The molecule has 0 saturated carbocycles. The minimum absolute atomic E-state index is 1.00. The van der Waals surface area contributed by atoms with Crippen LogP contribution in [0.1, 0.15) is 29.5 Å². The van der Waals surface area contributed by atoms with E-state index >= 15 is 0 Å². The van der Waals surface area contributed by atoms with Gasteiger partial charge in [0.15, 0.2) is 0 Å². The molecule has 1 heteroatoms. The third-order valence-corrected chi connectivity index (χ3v) is 2.76. The lowest BCUT2D eigenvalue weighted by Crippen LogP contribution is -1.89. The fourth-order valence-corrected chi connectivity index (χ4v) is 1.62. The molecule has 0 aliphatic rings. The Hall–Kier alpha value is -0.430. The fraction of sp³-hybridized carbons (Fsp3) is 0.500. The number of benzene rings is 1. The maximum absolute atomic E-state index is 4.20. The third kappa shape index (κ3) is 3.43. The highest BCUT2D eigenvalue weighted by Crippen LogP contribution is 2.12. The van der Waals surface area contributed by atoms with Gasteiger partial charge in [-0.1, -0.05) is 18.2 Å². The summed E-state index contributed by atoms with van der Waals surface area (Å²) in [7, 11) is 0. The van der Waals surface area contributed by atoms with Crippen molar-refractivity contribution in [1.82, 2.24) is 0 Å². The molecule has 0 radical (unpaired) electrons. The van der Waals surface area contributed by atoms with Crippen LogP contribution in [0.2, 0.25) is 0 Å². The first-order chi connectivity index (χ1) is 6.24. The van der Waals surface area contributed by atoms with E-state index < -0.39 is 0 Å². The molecule has 0 amide bonds. The first-order valence-corrected chi connectivity index (χ1v) is 5.54. The lowest BCUT2D eigenvalue weighted by molar-refractivity contribution is 0.803. The maximum Gasteiger partial charge on any atom is -0.00978 e. The predicted molar refractivity (Wildman–Crippen MR) is 62.7 cm³/mol. The SMILES string of the molecule is Cc1ccc(CCCCS)cc1C.